The van der Waals surface area contributed by atoms with E-state index >= 15 is 0 Å². The number of halogens is 3. The summed E-state index contributed by atoms with van der Waals surface area (Å²) < 4.78 is 43.2. The minimum Gasteiger partial charge on any atom is -0.481 e. The minimum atomic E-state index is -2.74. The smallest absolute Gasteiger partial charge is 0.336 e. The first-order valence-electron chi connectivity index (χ1n) is 12.5. The van der Waals surface area contributed by atoms with E-state index < -0.39 is 65.3 Å². The fourth-order valence-corrected chi connectivity index (χ4v) is 4.31. The second kappa shape index (κ2) is 13.9. The van der Waals surface area contributed by atoms with Crippen molar-refractivity contribution >= 4 is 24.2 Å². The molecule has 1 aliphatic heterocycles. The van der Waals surface area contributed by atoms with Crippen LogP contribution in [0.1, 0.15) is 36.9 Å². The van der Waals surface area contributed by atoms with Crippen LogP contribution < -0.4 is 5.43 Å². The van der Waals surface area contributed by atoms with Gasteiger partial charge in [0, 0.05) is 11.5 Å². The van der Waals surface area contributed by atoms with E-state index in [1.165, 1.54) is 23.7 Å². The van der Waals surface area contributed by atoms with Crippen molar-refractivity contribution < 1.29 is 53.1 Å². The topological polar surface area (TPSA) is 232 Å². The molecule has 15 nitrogen and oxygen atoms in total. The van der Waals surface area contributed by atoms with Crippen molar-refractivity contribution in [2.45, 2.75) is 36.9 Å². The van der Waals surface area contributed by atoms with Crippen LogP contribution >= 0.6 is 0 Å². The second-order valence-electron chi connectivity index (χ2n) is 9.53. The SMILES string of the molecule is C[C@@H](c1ncncc1F)[C@](O)(CN1C=NCN1)c1ccc(F)cc1-c1ncncc1F.O=C(O)CC(O)(CC(=O)O)C(=O)O. The van der Waals surface area contributed by atoms with Crippen molar-refractivity contribution in [3.63, 3.8) is 0 Å². The summed E-state index contributed by atoms with van der Waals surface area (Å²) in [6, 6.07) is 3.53. The summed E-state index contributed by atoms with van der Waals surface area (Å²) in [5.41, 5.74) is -1.76. The fourth-order valence-electron chi connectivity index (χ4n) is 4.31. The molecule has 44 heavy (non-hydrogen) atoms. The van der Waals surface area contributed by atoms with Crippen LogP contribution in [-0.2, 0) is 20.0 Å². The highest BCUT2D eigenvalue weighted by molar-refractivity contribution is 5.88. The van der Waals surface area contributed by atoms with Crippen LogP contribution in [0.15, 0.2) is 48.2 Å². The first-order valence-corrected chi connectivity index (χ1v) is 12.5. The summed E-state index contributed by atoms with van der Waals surface area (Å²) >= 11 is 0. The quantitative estimate of drug-likeness (QED) is 0.175. The van der Waals surface area contributed by atoms with Crippen molar-refractivity contribution in [2.75, 3.05) is 13.2 Å². The summed E-state index contributed by atoms with van der Waals surface area (Å²) in [7, 11) is 0. The largest absolute Gasteiger partial charge is 0.481 e. The van der Waals surface area contributed by atoms with Crippen LogP contribution in [-0.4, -0.2) is 93.5 Å². The van der Waals surface area contributed by atoms with E-state index in [9.17, 15) is 32.7 Å². The molecule has 1 aliphatic rings. The Labute approximate surface area is 246 Å². The number of hydrazine groups is 1. The lowest BCUT2D eigenvalue weighted by Crippen LogP contribution is -2.47. The average molecular weight is 622 g/mol. The molecular weight excluding hydrogens is 595 g/mol. The zero-order valence-corrected chi connectivity index (χ0v) is 22.8. The van der Waals surface area contributed by atoms with Crippen molar-refractivity contribution in [1.29, 1.82) is 0 Å². The Morgan fingerprint density at radius 2 is 1.59 bits per heavy atom. The lowest BCUT2D eigenvalue weighted by atomic mass is 9.77. The first-order chi connectivity index (χ1) is 20.7. The summed E-state index contributed by atoms with van der Waals surface area (Å²) in [5.74, 6) is -8.12. The molecule has 1 aromatic carbocycles. The van der Waals surface area contributed by atoms with E-state index in [1.54, 1.807) is 6.92 Å². The highest BCUT2D eigenvalue weighted by atomic mass is 19.1. The third-order valence-electron chi connectivity index (χ3n) is 6.48. The number of carbonyl (C=O) groups is 3. The third-order valence-corrected chi connectivity index (χ3v) is 6.48. The molecule has 234 valence electrons. The van der Waals surface area contributed by atoms with E-state index in [1.807, 2.05) is 0 Å². The molecule has 6 N–H and O–H groups in total. The highest BCUT2D eigenvalue weighted by Gasteiger charge is 2.43. The Hall–Kier alpha value is -5.07. The van der Waals surface area contributed by atoms with Crippen molar-refractivity contribution in [2.24, 2.45) is 4.99 Å². The van der Waals surface area contributed by atoms with Gasteiger partial charge in [-0.2, -0.15) is 0 Å². The molecule has 2 atom stereocenters. The Balaban J connectivity index is 0.000000345. The van der Waals surface area contributed by atoms with E-state index in [0.717, 1.165) is 30.9 Å². The van der Waals surface area contributed by atoms with E-state index in [4.69, 9.17) is 20.4 Å². The number of nitrogens with zero attached hydrogens (tertiary/aromatic N) is 6. The number of hydrogen-bond acceptors (Lipinski definition) is 12. The third kappa shape index (κ3) is 7.85. The molecular formula is C26H26F3N7O8. The van der Waals surface area contributed by atoms with Crippen LogP contribution in [0.3, 0.4) is 0 Å². The number of aliphatic imine (C=N–C) groups is 1. The molecule has 0 fully saturated rings. The number of carboxylic acids is 3. The maximum atomic E-state index is 14.5. The van der Waals surface area contributed by atoms with Crippen molar-refractivity contribution in [1.82, 2.24) is 30.4 Å². The van der Waals surface area contributed by atoms with Gasteiger partial charge in [-0.15, -0.1) is 0 Å². The molecule has 0 amide bonds. The standard InChI is InChI=1S/C20H18F3N7O.C6H8O7/c1-12(18-16(22)5-24-8-27-18)20(31,7-30-11-26-10-29-30)15-3-2-13(21)4-14(15)19-17(23)6-25-9-28-19;7-3(8)1-6(13,5(11)12)2-4(9)10/h2-6,8-9,11-12,29,31H,7,10H2,1H3;13H,1-2H2,(H,7,8)(H,9,10)(H,11,12)/t12-,20+;/m0./s1. The molecule has 4 rings (SSSR count). The number of hydrogen-bond donors (Lipinski definition) is 6. The molecule has 2 aromatic heterocycles. The number of rotatable bonds is 11. The molecule has 0 unspecified atom stereocenters. The number of β-amino-alcohol motifs (C(OH)–C–C–N with tert-alkyl or cyclic N) is 1. The van der Waals surface area contributed by atoms with Crippen LogP contribution in [0.2, 0.25) is 0 Å². The minimum absolute atomic E-state index is 0.0138. The monoisotopic (exact) mass is 621 g/mol. The van der Waals surface area contributed by atoms with Gasteiger partial charge in [-0.05, 0) is 17.7 Å². The predicted molar refractivity (Wildman–Crippen MR) is 142 cm³/mol. The zero-order valence-electron chi connectivity index (χ0n) is 22.8. The van der Waals surface area contributed by atoms with Crippen LogP contribution in [0.25, 0.3) is 11.3 Å². The first kappa shape index (κ1) is 33.4. The Morgan fingerprint density at radius 1 is 0.977 bits per heavy atom. The summed E-state index contributed by atoms with van der Waals surface area (Å²) in [6.45, 7) is 1.75. The lowest BCUT2D eigenvalue weighted by molar-refractivity contribution is -0.170. The molecule has 3 aromatic rings. The van der Waals surface area contributed by atoms with Crippen LogP contribution in [0, 0.1) is 17.5 Å². The molecule has 18 heteroatoms. The maximum Gasteiger partial charge on any atom is 0.336 e. The second-order valence-corrected chi connectivity index (χ2v) is 9.53. The number of benzene rings is 1. The number of aliphatic carboxylic acids is 3. The van der Waals surface area contributed by atoms with Gasteiger partial charge in [-0.1, -0.05) is 13.0 Å². The molecule has 0 saturated heterocycles. The van der Waals surface area contributed by atoms with Crippen molar-refractivity contribution in [3.8, 4) is 11.3 Å². The van der Waals surface area contributed by atoms with Gasteiger partial charge >= 0.3 is 17.9 Å². The van der Waals surface area contributed by atoms with E-state index in [0.29, 0.717) is 6.67 Å². The summed E-state index contributed by atoms with van der Waals surface area (Å²) in [6.07, 6.45) is 3.41. The van der Waals surface area contributed by atoms with Gasteiger partial charge in [0.25, 0.3) is 0 Å². The number of nitrogens with one attached hydrogen (secondary N) is 1. The summed E-state index contributed by atoms with van der Waals surface area (Å²) in [5, 5.41) is 47.3. The van der Waals surface area contributed by atoms with Crippen molar-refractivity contribution in [3.05, 3.63) is 72.0 Å². The van der Waals surface area contributed by atoms with Crippen LogP contribution in [0.5, 0.6) is 0 Å². The summed E-state index contributed by atoms with van der Waals surface area (Å²) in [4.78, 5) is 49.7. The number of carboxylic acid groups (broad SMARTS) is 3. The molecule has 0 aliphatic carbocycles. The van der Waals surface area contributed by atoms with Gasteiger partial charge in [-0.3, -0.25) is 19.6 Å². The van der Waals surface area contributed by atoms with Gasteiger partial charge < -0.3 is 25.5 Å². The molecule has 0 spiro atoms. The van der Waals surface area contributed by atoms with Gasteiger partial charge in [0.2, 0.25) is 0 Å². The Morgan fingerprint density at radius 3 is 2.11 bits per heavy atom. The van der Waals surface area contributed by atoms with E-state index in [-0.39, 0.29) is 29.1 Å². The maximum absolute atomic E-state index is 14.5. The molecule has 3 heterocycles. The van der Waals surface area contributed by atoms with Gasteiger partial charge in [0.1, 0.15) is 42.8 Å². The average Bonchev–Trinajstić information content (AvgIpc) is 3.45. The number of aliphatic hydroxyl groups is 2. The molecule has 0 radical (unpaired) electrons. The normalized spacial score (nSPS) is 14.7. The zero-order chi connectivity index (χ0) is 32.7. The van der Waals surface area contributed by atoms with Gasteiger partial charge in [-0.25, -0.2) is 43.3 Å². The lowest BCUT2D eigenvalue weighted by Gasteiger charge is -2.38. The predicted octanol–water partition coefficient (Wildman–Crippen LogP) is 0.900. The number of aromatic nitrogens is 4. The Kier molecular flexibility index (Phi) is 10.6. The van der Waals surface area contributed by atoms with Crippen LogP contribution in [0.4, 0.5) is 13.2 Å². The Bertz CT molecular complexity index is 1550. The fraction of sp³-hybridized carbons (Fsp3) is 0.308. The molecule has 0 saturated carbocycles. The van der Waals surface area contributed by atoms with Gasteiger partial charge in [0.05, 0.1) is 37.5 Å². The molecule has 0 bridgehead atoms. The van der Waals surface area contributed by atoms with Gasteiger partial charge in [0.15, 0.2) is 17.2 Å². The van der Waals surface area contributed by atoms with E-state index in [2.05, 4.69) is 30.4 Å². The highest BCUT2D eigenvalue weighted by Crippen LogP contribution is 2.42.